The van der Waals surface area contributed by atoms with Gasteiger partial charge in [-0.25, -0.2) is 0 Å². The highest BCUT2D eigenvalue weighted by Crippen LogP contribution is 2.35. The molecule has 26 heavy (non-hydrogen) atoms. The topological polar surface area (TPSA) is 76.4 Å². The number of rotatable bonds is 5. The lowest BCUT2D eigenvalue weighted by Gasteiger charge is -2.16. The summed E-state index contributed by atoms with van der Waals surface area (Å²) >= 11 is 4.99. The van der Waals surface area contributed by atoms with Crippen molar-refractivity contribution < 1.29 is 22.8 Å². The molecule has 0 bridgehead atoms. The number of hydrogen-bond acceptors (Lipinski definition) is 4. The van der Waals surface area contributed by atoms with E-state index in [4.69, 9.17) is 17.0 Å². The van der Waals surface area contributed by atoms with Crippen LogP contribution in [0.15, 0.2) is 42.5 Å². The molecule has 0 amide bonds. The van der Waals surface area contributed by atoms with Gasteiger partial charge in [-0.05, 0) is 43.4 Å². The molecule has 0 heterocycles. The molecule has 138 valence electrons. The van der Waals surface area contributed by atoms with E-state index in [9.17, 15) is 23.3 Å². The number of halogens is 3. The summed E-state index contributed by atoms with van der Waals surface area (Å²) in [7, 11) is 0. The molecule has 0 fully saturated rings. The van der Waals surface area contributed by atoms with Crippen molar-refractivity contribution in [3.8, 4) is 5.75 Å². The van der Waals surface area contributed by atoms with Crippen LogP contribution in [0.25, 0.3) is 0 Å². The van der Waals surface area contributed by atoms with Gasteiger partial charge in [0.1, 0.15) is 11.4 Å². The number of hydrogen-bond donors (Lipinski definition) is 2. The summed E-state index contributed by atoms with van der Waals surface area (Å²) < 4.78 is 44.2. The number of anilines is 2. The van der Waals surface area contributed by atoms with Crippen molar-refractivity contribution in [1.82, 2.24) is 0 Å². The van der Waals surface area contributed by atoms with Crippen LogP contribution in [-0.2, 0) is 6.18 Å². The van der Waals surface area contributed by atoms with E-state index < -0.39 is 16.7 Å². The molecule has 10 heteroatoms. The Morgan fingerprint density at radius 3 is 2.46 bits per heavy atom. The number of ether oxygens (including phenoxy) is 1. The molecule has 0 aliphatic heterocycles. The summed E-state index contributed by atoms with van der Waals surface area (Å²) in [5, 5.41) is 15.9. The smallest absolute Gasteiger partial charge is 0.418 e. The molecule has 0 unspecified atom stereocenters. The lowest BCUT2D eigenvalue weighted by molar-refractivity contribution is -0.384. The predicted molar refractivity (Wildman–Crippen MR) is 95.6 cm³/mol. The van der Waals surface area contributed by atoms with E-state index in [1.807, 2.05) is 0 Å². The Bertz CT molecular complexity index is 828. The molecule has 2 aromatic carbocycles. The molecule has 2 N–H and O–H groups in total. The number of nitrogens with one attached hydrogen (secondary N) is 2. The van der Waals surface area contributed by atoms with E-state index in [1.165, 1.54) is 36.4 Å². The normalized spacial score (nSPS) is 10.9. The van der Waals surface area contributed by atoms with Crippen molar-refractivity contribution in [2.45, 2.75) is 13.1 Å². The highest BCUT2D eigenvalue weighted by atomic mass is 32.1. The molecule has 6 nitrogen and oxygen atoms in total. The second-order valence-corrected chi connectivity index (χ2v) is 5.40. The molecule has 0 spiro atoms. The number of nitro benzene ring substituents is 1. The van der Waals surface area contributed by atoms with Gasteiger partial charge >= 0.3 is 6.18 Å². The van der Waals surface area contributed by atoms with Gasteiger partial charge in [0.2, 0.25) is 0 Å². The molecule has 0 radical (unpaired) electrons. The Hall–Kier alpha value is -2.88. The van der Waals surface area contributed by atoms with Gasteiger partial charge in [0, 0.05) is 0 Å². The minimum Gasteiger partial charge on any atom is -0.494 e. The van der Waals surface area contributed by atoms with E-state index in [0.717, 1.165) is 6.07 Å². The maximum Gasteiger partial charge on any atom is 0.418 e. The van der Waals surface area contributed by atoms with Gasteiger partial charge in [-0.1, -0.05) is 12.1 Å². The molecule has 0 saturated heterocycles. The Kier molecular flexibility index (Phi) is 5.98. The van der Waals surface area contributed by atoms with Gasteiger partial charge in [0.15, 0.2) is 5.11 Å². The van der Waals surface area contributed by atoms with Crippen LogP contribution in [0.4, 0.5) is 30.2 Å². The number of para-hydroxylation sites is 1. The Labute approximate surface area is 152 Å². The van der Waals surface area contributed by atoms with Crippen LogP contribution >= 0.6 is 12.2 Å². The van der Waals surface area contributed by atoms with Crippen molar-refractivity contribution in [1.29, 1.82) is 0 Å². The maximum atomic E-state index is 13.0. The molecule has 0 atom stereocenters. The standard InChI is InChI=1S/C16H14F3N3O3S/c1-2-25-10-7-8-13(14(9-10)22(23)24)21-15(26)20-12-6-4-3-5-11(12)16(17,18)19/h3-9H,2H2,1H3,(H2,20,21,26). The zero-order chi connectivity index (χ0) is 19.3. The number of alkyl halides is 3. The molecule has 0 aliphatic rings. The first-order valence-corrected chi connectivity index (χ1v) is 7.78. The van der Waals surface area contributed by atoms with Crippen molar-refractivity contribution in [2.24, 2.45) is 0 Å². The van der Waals surface area contributed by atoms with E-state index in [-0.39, 0.29) is 22.2 Å². The first-order chi connectivity index (χ1) is 12.2. The Balaban J connectivity index is 2.22. The third-order valence-electron chi connectivity index (χ3n) is 3.21. The Morgan fingerprint density at radius 2 is 1.85 bits per heavy atom. The van der Waals surface area contributed by atoms with Crippen LogP contribution in [-0.4, -0.2) is 16.6 Å². The summed E-state index contributed by atoms with van der Waals surface area (Å²) in [6.07, 6.45) is -4.57. The Morgan fingerprint density at radius 1 is 1.19 bits per heavy atom. The second-order valence-electron chi connectivity index (χ2n) is 4.99. The van der Waals surface area contributed by atoms with Crippen LogP contribution < -0.4 is 15.4 Å². The fourth-order valence-electron chi connectivity index (χ4n) is 2.14. The minimum atomic E-state index is -4.57. The fourth-order valence-corrected chi connectivity index (χ4v) is 2.36. The van der Waals surface area contributed by atoms with Crippen molar-refractivity contribution in [3.05, 3.63) is 58.1 Å². The van der Waals surface area contributed by atoms with Crippen LogP contribution in [0.1, 0.15) is 12.5 Å². The van der Waals surface area contributed by atoms with Gasteiger partial charge in [0.25, 0.3) is 5.69 Å². The van der Waals surface area contributed by atoms with E-state index in [2.05, 4.69) is 10.6 Å². The van der Waals surface area contributed by atoms with Crippen molar-refractivity contribution >= 4 is 34.4 Å². The van der Waals surface area contributed by atoms with Crippen LogP contribution in [0.3, 0.4) is 0 Å². The number of nitrogens with zero attached hydrogens (tertiary/aromatic N) is 1. The molecule has 0 saturated carbocycles. The first kappa shape index (κ1) is 19.4. The number of thiocarbonyl (C=S) groups is 1. The SMILES string of the molecule is CCOc1ccc(NC(=S)Nc2ccccc2C(F)(F)F)c([N+](=O)[O-])c1. The summed E-state index contributed by atoms with van der Waals surface area (Å²) in [6.45, 7) is 2.06. The highest BCUT2D eigenvalue weighted by Gasteiger charge is 2.33. The molecule has 0 aromatic heterocycles. The lowest BCUT2D eigenvalue weighted by Crippen LogP contribution is -2.22. The number of nitro groups is 1. The summed E-state index contributed by atoms with van der Waals surface area (Å²) in [5.41, 5.74) is -1.44. The molecular weight excluding hydrogens is 371 g/mol. The summed E-state index contributed by atoms with van der Waals surface area (Å²) in [6, 6.07) is 8.85. The molecular formula is C16H14F3N3O3S. The minimum absolute atomic E-state index is 0.0282. The zero-order valence-corrected chi connectivity index (χ0v) is 14.3. The van der Waals surface area contributed by atoms with Gasteiger partial charge < -0.3 is 15.4 Å². The third-order valence-corrected chi connectivity index (χ3v) is 3.41. The largest absolute Gasteiger partial charge is 0.494 e. The fraction of sp³-hybridized carbons (Fsp3) is 0.188. The highest BCUT2D eigenvalue weighted by molar-refractivity contribution is 7.80. The van der Waals surface area contributed by atoms with Gasteiger partial charge in [-0.15, -0.1) is 0 Å². The summed E-state index contributed by atoms with van der Waals surface area (Å²) in [5.74, 6) is 0.297. The monoisotopic (exact) mass is 385 g/mol. The van der Waals surface area contributed by atoms with E-state index in [0.29, 0.717) is 12.4 Å². The van der Waals surface area contributed by atoms with E-state index in [1.54, 1.807) is 6.92 Å². The molecule has 2 aromatic rings. The van der Waals surface area contributed by atoms with E-state index >= 15 is 0 Å². The molecule has 0 aliphatic carbocycles. The van der Waals surface area contributed by atoms with Gasteiger partial charge in [-0.2, -0.15) is 13.2 Å². The lowest BCUT2D eigenvalue weighted by atomic mass is 10.1. The van der Waals surface area contributed by atoms with Crippen LogP contribution in [0, 0.1) is 10.1 Å². The van der Waals surface area contributed by atoms with Crippen LogP contribution in [0.2, 0.25) is 0 Å². The van der Waals surface area contributed by atoms with Crippen molar-refractivity contribution in [3.63, 3.8) is 0 Å². The first-order valence-electron chi connectivity index (χ1n) is 7.38. The van der Waals surface area contributed by atoms with Gasteiger partial charge in [-0.3, -0.25) is 10.1 Å². The quantitative estimate of drug-likeness (QED) is 0.437. The average Bonchev–Trinajstić information content (AvgIpc) is 2.55. The third kappa shape index (κ3) is 4.82. The predicted octanol–water partition coefficient (Wildman–Crippen LogP) is 4.82. The molecule has 2 rings (SSSR count). The van der Waals surface area contributed by atoms with Crippen molar-refractivity contribution in [2.75, 3.05) is 17.2 Å². The maximum absolute atomic E-state index is 13.0. The van der Waals surface area contributed by atoms with Gasteiger partial charge in [0.05, 0.1) is 28.8 Å². The average molecular weight is 385 g/mol. The number of benzene rings is 2. The summed E-state index contributed by atoms with van der Waals surface area (Å²) in [4.78, 5) is 10.6. The second kappa shape index (κ2) is 8.00. The van der Waals surface area contributed by atoms with Crippen LogP contribution in [0.5, 0.6) is 5.75 Å². The zero-order valence-electron chi connectivity index (χ0n) is 13.5.